The average molecular weight is 337 g/mol. The predicted octanol–water partition coefficient (Wildman–Crippen LogP) is -0.182. The Morgan fingerprint density at radius 3 is 2.76 bits per heavy atom. The maximum atomic E-state index is 12.0. The van der Waals surface area contributed by atoms with Gasteiger partial charge < -0.3 is 15.4 Å². The van der Waals surface area contributed by atoms with Crippen molar-refractivity contribution >= 4 is 33.3 Å². The summed E-state index contributed by atoms with van der Waals surface area (Å²) in [6.45, 7) is 0.280. The minimum atomic E-state index is -3.85. The lowest BCUT2D eigenvalue weighted by molar-refractivity contribution is -0.120. The first kappa shape index (κ1) is 17.6. The molecule has 21 heavy (non-hydrogen) atoms. The van der Waals surface area contributed by atoms with Crippen molar-refractivity contribution in [3.63, 3.8) is 0 Å². The molecule has 1 aromatic heterocycles. The normalized spacial score (nSPS) is 11.2. The zero-order chi connectivity index (χ0) is 15.9. The minimum absolute atomic E-state index is 0.115. The van der Waals surface area contributed by atoms with Crippen molar-refractivity contribution in [1.82, 2.24) is 15.0 Å². The van der Waals surface area contributed by atoms with E-state index in [2.05, 4.69) is 20.3 Å². The second kappa shape index (κ2) is 8.13. The molecule has 3 N–H and O–H groups in total. The van der Waals surface area contributed by atoms with Crippen LogP contribution in [0.4, 0.5) is 5.82 Å². The van der Waals surface area contributed by atoms with Gasteiger partial charge in [0.25, 0.3) is 0 Å². The molecule has 1 amide bonds. The maximum Gasteiger partial charge on any atom is 0.242 e. The topological polar surface area (TPSA) is 109 Å². The van der Waals surface area contributed by atoms with E-state index in [4.69, 9.17) is 16.3 Å². The van der Waals surface area contributed by atoms with Crippen molar-refractivity contribution in [2.45, 2.75) is 4.90 Å². The minimum Gasteiger partial charge on any atom is -0.383 e. The number of sulfonamides is 1. The number of hydrogen-bond donors (Lipinski definition) is 3. The first-order valence-electron chi connectivity index (χ1n) is 5.99. The molecule has 10 heteroatoms. The van der Waals surface area contributed by atoms with E-state index in [9.17, 15) is 13.2 Å². The summed E-state index contributed by atoms with van der Waals surface area (Å²) in [6.07, 6.45) is 1.16. The van der Waals surface area contributed by atoms with Crippen LogP contribution in [-0.4, -0.2) is 53.2 Å². The van der Waals surface area contributed by atoms with E-state index in [1.54, 1.807) is 7.05 Å². The molecule has 0 unspecified atom stereocenters. The first-order chi connectivity index (χ1) is 9.90. The Morgan fingerprint density at radius 1 is 1.48 bits per heavy atom. The molecule has 0 atom stereocenters. The number of rotatable bonds is 8. The third kappa shape index (κ3) is 5.46. The lowest BCUT2D eigenvalue weighted by Crippen LogP contribution is -2.38. The fourth-order valence-electron chi connectivity index (χ4n) is 1.35. The largest absolute Gasteiger partial charge is 0.383 e. The second-order valence-electron chi connectivity index (χ2n) is 3.92. The average Bonchev–Trinajstić information content (AvgIpc) is 2.45. The van der Waals surface area contributed by atoms with Crippen LogP contribution in [0.1, 0.15) is 0 Å². The molecule has 0 spiro atoms. The smallest absolute Gasteiger partial charge is 0.242 e. The lowest BCUT2D eigenvalue weighted by Gasteiger charge is -2.09. The van der Waals surface area contributed by atoms with Crippen molar-refractivity contribution in [2.75, 3.05) is 39.2 Å². The Morgan fingerprint density at radius 2 is 2.19 bits per heavy atom. The summed E-state index contributed by atoms with van der Waals surface area (Å²) in [5.74, 6) is -0.0885. The third-order valence-corrected chi connectivity index (χ3v) is 4.07. The highest BCUT2D eigenvalue weighted by Crippen LogP contribution is 2.21. The molecule has 1 rings (SSSR count). The standard InChI is InChI=1S/C11H17ClN4O4S/c1-13-11-9(12)5-8(6-15-11)21(18,19)16-7-10(17)14-3-4-20-2/h5-6,16H,3-4,7H2,1-2H3,(H,13,15)(H,14,17). The van der Waals surface area contributed by atoms with Crippen molar-refractivity contribution in [3.8, 4) is 0 Å². The number of amides is 1. The van der Waals surface area contributed by atoms with E-state index in [1.807, 2.05) is 0 Å². The number of ether oxygens (including phenoxy) is 1. The van der Waals surface area contributed by atoms with Crippen molar-refractivity contribution in [3.05, 3.63) is 17.3 Å². The summed E-state index contributed by atoms with van der Waals surface area (Å²) in [6, 6.07) is 1.26. The quantitative estimate of drug-likeness (QED) is 0.568. The zero-order valence-electron chi connectivity index (χ0n) is 11.6. The van der Waals surface area contributed by atoms with Crippen molar-refractivity contribution in [1.29, 1.82) is 0 Å². The molecule has 1 heterocycles. The Hall–Kier alpha value is -1.42. The van der Waals surface area contributed by atoms with E-state index >= 15 is 0 Å². The molecule has 0 aliphatic rings. The highest BCUT2D eigenvalue weighted by Gasteiger charge is 2.17. The number of nitrogens with zero attached hydrogens (tertiary/aromatic N) is 1. The summed E-state index contributed by atoms with van der Waals surface area (Å²) < 4.78 is 30.9. The highest BCUT2D eigenvalue weighted by molar-refractivity contribution is 7.89. The van der Waals surface area contributed by atoms with Crippen LogP contribution in [0.15, 0.2) is 17.2 Å². The molecule has 8 nitrogen and oxygen atoms in total. The SMILES string of the molecule is CNc1ncc(S(=O)(=O)NCC(=O)NCCOC)cc1Cl. The van der Waals surface area contributed by atoms with Crippen molar-refractivity contribution in [2.24, 2.45) is 0 Å². The number of halogens is 1. The molecule has 0 saturated heterocycles. The van der Waals surface area contributed by atoms with Gasteiger partial charge in [0.1, 0.15) is 10.7 Å². The molecule has 0 aliphatic heterocycles. The Labute approximate surface area is 128 Å². The summed E-state index contributed by atoms with van der Waals surface area (Å²) in [5.41, 5.74) is 0. The number of methoxy groups -OCH3 is 1. The fourth-order valence-corrected chi connectivity index (χ4v) is 2.63. The van der Waals surface area contributed by atoms with E-state index < -0.39 is 15.9 Å². The molecule has 0 aromatic carbocycles. The Bertz CT molecular complexity index is 594. The molecular formula is C11H17ClN4O4S. The summed E-state index contributed by atoms with van der Waals surface area (Å²) in [7, 11) is -0.734. The van der Waals surface area contributed by atoms with Gasteiger partial charge in [-0.1, -0.05) is 11.6 Å². The molecule has 118 valence electrons. The molecule has 0 saturated carbocycles. The van der Waals surface area contributed by atoms with Gasteiger partial charge in [-0.3, -0.25) is 4.79 Å². The molecule has 0 aliphatic carbocycles. The van der Waals surface area contributed by atoms with Gasteiger partial charge in [-0.05, 0) is 6.07 Å². The van der Waals surface area contributed by atoms with Crippen LogP contribution in [0, 0.1) is 0 Å². The summed E-state index contributed by atoms with van der Waals surface area (Å²) in [4.78, 5) is 15.2. The maximum absolute atomic E-state index is 12.0. The van der Waals surface area contributed by atoms with Crippen LogP contribution >= 0.6 is 11.6 Å². The first-order valence-corrected chi connectivity index (χ1v) is 7.85. The number of aromatic nitrogens is 1. The molecule has 1 aromatic rings. The number of carbonyl (C=O) groups excluding carboxylic acids is 1. The lowest BCUT2D eigenvalue weighted by atomic mass is 10.4. The summed E-state index contributed by atoms with van der Waals surface area (Å²) in [5, 5.41) is 5.38. The van der Waals surface area contributed by atoms with E-state index in [-0.39, 0.29) is 16.5 Å². The van der Waals surface area contributed by atoms with Crippen molar-refractivity contribution < 1.29 is 17.9 Å². The number of pyridine rings is 1. The van der Waals surface area contributed by atoms with Gasteiger partial charge in [0, 0.05) is 26.9 Å². The van der Waals surface area contributed by atoms with Gasteiger partial charge >= 0.3 is 0 Å². The third-order valence-electron chi connectivity index (χ3n) is 2.41. The number of carbonyl (C=O) groups is 1. The predicted molar refractivity (Wildman–Crippen MR) is 78.9 cm³/mol. The van der Waals surface area contributed by atoms with E-state index in [0.717, 1.165) is 6.20 Å². The number of anilines is 1. The Balaban J connectivity index is 2.65. The van der Waals surface area contributed by atoms with Crippen LogP contribution in [0.5, 0.6) is 0 Å². The van der Waals surface area contributed by atoms with Gasteiger partial charge in [-0.2, -0.15) is 0 Å². The fraction of sp³-hybridized carbons (Fsp3) is 0.455. The van der Waals surface area contributed by atoms with Crippen LogP contribution in [0.3, 0.4) is 0 Å². The molecule has 0 fully saturated rings. The zero-order valence-corrected chi connectivity index (χ0v) is 13.2. The molecule has 0 bridgehead atoms. The van der Waals surface area contributed by atoms with Crippen LogP contribution < -0.4 is 15.4 Å². The molecular weight excluding hydrogens is 320 g/mol. The van der Waals surface area contributed by atoms with E-state index in [1.165, 1.54) is 13.2 Å². The monoisotopic (exact) mass is 336 g/mol. The molecule has 0 radical (unpaired) electrons. The van der Waals surface area contributed by atoms with Crippen LogP contribution in [0.2, 0.25) is 5.02 Å². The number of nitrogens with one attached hydrogen (secondary N) is 3. The van der Waals surface area contributed by atoms with E-state index in [0.29, 0.717) is 19.0 Å². The van der Waals surface area contributed by atoms with Crippen LogP contribution in [-0.2, 0) is 19.6 Å². The Kier molecular flexibility index (Phi) is 6.82. The number of hydrogen-bond acceptors (Lipinski definition) is 6. The highest BCUT2D eigenvalue weighted by atomic mass is 35.5. The van der Waals surface area contributed by atoms with Gasteiger partial charge in [0.05, 0.1) is 18.2 Å². The van der Waals surface area contributed by atoms with Gasteiger partial charge in [-0.15, -0.1) is 0 Å². The summed E-state index contributed by atoms with van der Waals surface area (Å²) >= 11 is 5.87. The van der Waals surface area contributed by atoms with Gasteiger partial charge in [0.2, 0.25) is 15.9 Å². The van der Waals surface area contributed by atoms with Crippen LogP contribution in [0.25, 0.3) is 0 Å². The van der Waals surface area contributed by atoms with Gasteiger partial charge in [-0.25, -0.2) is 18.1 Å². The van der Waals surface area contributed by atoms with Gasteiger partial charge in [0.15, 0.2) is 0 Å². The second-order valence-corrected chi connectivity index (χ2v) is 6.09.